The average molecular weight is 509 g/mol. The minimum atomic E-state index is 0. The van der Waals surface area contributed by atoms with Crippen LogP contribution in [0.25, 0.3) is 0 Å². The van der Waals surface area contributed by atoms with Crippen LogP contribution in [0.4, 0.5) is 0 Å². The standard InChI is InChI=1S/C24H36.2BrH.Mg/c1-4-10-19(11-5-1)22-16-23(20-12-6-2-7-13-20)18-24(17-22)21-14-8-3-9-15-21;;;/h16-21H,1-15H2;2*1H;/q;;;+2/p-2. The molecule has 148 valence electrons. The predicted molar refractivity (Wildman–Crippen MR) is 110 cm³/mol. The third-order valence-corrected chi connectivity index (χ3v) is 7.23. The zero-order chi connectivity index (χ0) is 16.2. The third-order valence-electron chi connectivity index (χ3n) is 7.23. The molecule has 3 heteroatoms. The van der Waals surface area contributed by atoms with Crippen molar-refractivity contribution < 1.29 is 34.0 Å². The second-order valence-electron chi connectivity index (χ2n) is 8.94. The van der Waals surface area contributed by atoms with Gasteiger partial charge < -0.3 is 34.0 Å². The Morgan fingerprint density at radius 1 is 0.407 bits per heavy atom. The quantitative estimate of drug-likeness (QED) is 0.543. The van der Waals surface area contributed by atoms with E-state index in [4.69, 9.17) is 0 Å². The monoisotopic (exact) mass is 506 g/mol. The predicted octanol–water partition coefficient (Wildman–Crippen LogP) is 1.46. The van der Waals surface area contributed by atoms with Gasteiger partial charge in [0.25, 0.3) is 0 Å². The first-order valence-corrected chi connectivity index (χ1v) is 11.0. The molecular formula is C24H36Br2Mg. The van der Waals surface area contributed by atoms with Crippen molar-refractivity contribution in [3.05, 3.63) is 34.9 Å². The molecule has 0 saturated heterocycles. The van der Waals surface area contributed by atoms with Gasteiger partial charge in [-0.15, -0.1) is 0 Å². The molecule has 0 bridgehead atoms. The molecule has 0 atom stereocenters. The maximum absolute atomic E-state index is 2.65. The Balaban J connectivity index is 0.00000121. The Labute approximate surface area is 204 Å². The summed E-state index contributed by atoms with van der Waals surface area (Å²) in [4.78, 5) is 0. The minimum Gasteiger partial charge on any atom is -1.00 e. The molecule has 3 aliphatic rings. The van der Waals surface area contributed by atoms with Crippen molar-refractivity contribution in [3.8, 4) is 0 Å². The number of hydrogen-bond donors (Lipinski definition) is 0. The summed E-state index contributed by atoms with van der Waals surface area (Å²) in [6.07, 6.45) is 21.8. The third kappa shape index (κ3) is 7.00. The molecule has 0 spiro atoms. The molecule has 0 unspecified atom stereocenters. The van der Waals surface area contributed by atoms with E-state index in [2.05, 4.69) is 18.2 Å². The molecule has 1 aromatic carbocycles. The first kappa shape index (κ1) is 26.0. The van der Waals surface area contributed by atoms with Gasteiger partial charge in [-0.2, -0.15) is 0 Å². The summed E-state index contributed by atoms with van der Waals surface area (Å²) >= 11 is 0. The Hall–Kier alpha value is 0.946. The molecule has 0 aromatic heterocycles. The second kappa shape index (κ2) is 13.3. The van der Waals surface area contributed by atoms with Crippen LogP contribution < -0.4 is 34.0 Å². The molecular weight excluding hydrogens is 472 g/mol. The molecule has 0 heterocycles. The van der Waals surface area contributed by atoms with Crippen molar-refractivity contribution in [2.45, 2.75) is 114 Å². The molecule has 27 heavy (non-hydrogen) atoms. The molecule has 0 radical (unpaired) electrons. The van der Waals surface area contributed by atoms with E-state index >= 15 is 0 Å². The van der Waals surface area contributed by atoms with Crippen molar-refractivity contribution in [2.24, 2.45) is 0 Å². The van der Waals surface area contributed by atoms with E-state index in [0.29, 0.717) is 0 Å². The van der Waals surface area contributed by atoms with Crippen LogP contribution in [-0.2, 0) is 0 Å². The van der Waals surface area contributed by atoms with E-state index in [0.717, 1.165) is 17.8 Å². The molecule has 0 N–H and O–H groups in total. The fourth-order valence-corrected chi connectivity index (χ4v) is 5.72. The molecule has 0 aliphatic heterocycles. The van der Waals surface area contributed by atoms with Gasteiger partial charge in [-0.3, -0.25) is 0 Å². The Morgan fingerprint density at radius 3 is 0.852 bits per heavy atom. The summed E-state index contributed by atoms with van der Waals surface area (Å²) in [6.45, 7) is 0. The zero-order valence-corrected chi connectivity index (χ0v) is 21.6. The van der Waals surface area contributed by atoms with Gasteiger partial charge in [-0.05, 0) is 73.0 Å². The van der Waals surface area contributed by atoms with Gasteiger partial charge in [-0.1, -0.05) is 76.0 Å². The Morgan fingerprint density at radius 2 is 0.630 bits per heavy atom. The zero-order valence-electron chi connectivity index (χ0n) is 17.0. The van der Waals surface area contributed by atoms with Gasteiger partial charge in [0.1, 0.15) is 0 Å². The first-order chi connectivity index (χ1) is 11.9. The molecule has 0 nitrogen and oxygen atoms in total. The minimum absolute atomic E-state index is 0. The number of benzene rings is 1. The van der Waals surface area contributed by atoms with Crippen LogP contribution in [0.3, 0.4) is 0 Å². The fraction of sp³-hybridized carbons (Fsp3) is 0.750. The summed E-state index contributed by atoms with van der Waals surface area (Å²) in [5, 5.41) is 0. The van der Waals surface area contributed by atoms with Crippen LogP contribution in [-0.4, -0.2) is 23.1 Å². The summed E-state index contributed by atoms with van der Waals surface area (Å²) in [7, 11) is 0. The van der Waals surface area contributed by atoms with Crippen molar-refractivity contribution in [2.75, 3.05) is 0 Å². The fourth-order valence-electron chi connectivity index (χ4n) is 5.72. The van der Waals surface area contributed by atoms with Crippen LogP contribution in [0, 0.1) is 0 Å². The van der Waals surface area contributed by atoms with Crippen LogP contribution >= 0.6 is 0 Å². The van der Waals surface area contributed by atoms with Gasteiger partial charge >= 0.3 is 23.1 Å². The number of halogens is 2. The van der Waals surface area contributed by atoms with E-state index in [9.17, 15) is 0 Å². The summed E-state index contributed by atoms with van der Waals surface area (Å²) in [5.74, 6) is 2.60. The average Bonchev–Trinajstić information content (AvgIpc) is 2.70. The van der Waals surface area contributed by atoms with Gasteiger partial charge in [-0.25, -0.2) is 0 Å². The van der Waals surface area contributed by atoms with Crippen molar-refractivity contribution >= 4 is 23.1 Å². The van der Waals surface area contributed by atoms with Crippen molar-refractivity contribution in [1.82, 2.24) is 0 Å². The number of rotatable bonds is 3. The van der Waals surface area contributed by atoms with Crippen molar-refractivity contribution in [1.29, 1.82) is 0 Å². The number of hydrogen-bond acceptors (Lipinski definition) is 0. The summed E-state index contributed by atoms with van der Waals surface area (Å²) < 4.78 is 0. The maximum atomic E-state index is 2.65. The molecule has 3 fully saturated rings. The maximum Gasteiger partial charge on any atom is 2.00 e. The van der Waals surface area contributed by atoms with E-state index < -0.39 is 0 Å². The largest absolute Gasteiger partial charge is 2.00 e. The van der Waals surface area contributed by atoms with E-state index in [1.807, 2.05) is 0 Å². The van der Waals surface area contributed by atoms with Gasteiger partial charge in [0.2, 0.25) is 0 Å². The molecule has 1 aromatic rings. The Bertz CT molecular complexity index is 439. The SMILES string of the molecule is [Br-].[Br-].[Mg+2].c1c(C2CCCCC2)cc(C2CCCCC2)cc1C1CCCCC1. The van der Waals surface area contributed by atoms with Crippen LogP contribution in [0.5, 0.6) is 0 Å². The smallest absolute Gasteiger partial charge is 1.00 e. The van der Waals surface area contributed by atoms with Gasteiger partial charge in [0.15, 0.2) is 0 Å². The molecule has 4 rings (SSSR count). The van der Waals surface area contributed by atoms with E-state index in [1.165, 1.54) is 96.3 Å². The molecule has 0 amide bonds. The second-order valence-corrected chi connectivity index (χ2v) is 8.94. The Kier molecular flexibility index (Phi) is 12.8. The van der Waals surface area contributed by atoms with Crippen LogP contribution in [0.2, 0.25) is 0 Å². The van der Waals surface area contributed by atoms with Gasteiger partial charge in [0, 0.05) is 0 Å². The topological polar surface area (TPSA) is 0 Å². The first-order valence-electron chi connectivity index (χ1n) is 11.0. The van der Waals surface area contributed by atoms with Crippen LogP contribution in [0.1, 0.15) is 131 Å². The van der Waals surface area contributed by atoms with E-state index in [-0.39, 0.29) is 57.0 Å². The summed E-state index contributed by atoms with van der Waals surface area (Å²) in [5.41, 5.74) is 5.16. The normalized spacial score (nSPS) is 22.2. The molecule has 3 saturated carbocycles. The van der Waals surface area contributed by atoms with E-state index in [1.54, 1.807) is 16.7 Å². The van der Waals surface area contributed by atoms with Gasteiger partial charge in [0.05, 0.1) is 0 Å². The van der Waals surface area contributed by atoms with Crippen LogP contribution in [0.15, 0.2) is 18.2 Å². The molecule has 3 aliphatic carbocycles. The summed E-state index contributed by atoms with van der Waals surface area (Å²) in [6, 6.07) is 7.95. The van der Waals surface area contributed by atoms with Crippen molar-refractivity contribution in [3.63, 3.8) is 0 Å².